The van der Waals surface area contributed by atoms with E-state index in [2.05, 4.69) is 39.9 Å². The first kappa shape index (κ1) is 12.1. The number of alkyl halides is 1. The number of halogens is 1. The highest BCUT2D eigenvalue weighted by Crippen LogP contribution is 2.35. The van der Waals surface area contributed by atoms with Crippen LogP contribution < -0.4 is 0 Å². The summed E-state index contributed by atoms with van der Waals surface area (Å²) in [6, 6.07) is 0. The van der Waals surface area contributed by atoms with Crippen molar-refractivity contribution in [2.75, 3.05) is 0 Å². The molecule has 1 heterocycles. The van der Waals surface area contributed by atoms with Crippen LogP contribution >= 0.6 is 15.9 Å². The van der Waals surface area contributed by atoms with Crippen molar-refractivity contribution >= 4 is 15.9 Å². The van der Waals surface area contributed by atoms with Crippen LogP contribution in [-0.4, -0.2) is 10.1 Å². The van der Waals surface area contributed by atoms with Crippen LogP contribution in [0.4, 0.5) is 0 Å². The molecule has 16 heavy (non-hydrogen) atoms. The van der Waals surface area contributed by atoms with Crippen molar-refractivity contribution in [2.24, 2.45) is 5.92 Å². The number of rotatable bonds is 3. The monoisotopic (exact) mass is 286 g/mol. The van der Waals surface area contributed by atoms with E-state index in [1.54, 1.807) is 0 Å². The number of hydrogen-bond donors (Lipinski definition) is 0. The minimum atomic E-state index is 0.203. The zero-order valence-electron chi connectivity index (χ0n) is 9.95. The molecule has 4 heteroatoms. The van der Waals surface area contributed by atoms with Crippen molar-refractivity contribution in [1.29, 1.82) is 0 Å². The summed E-state index contributed by atoms with van der Waals surface area (Å²) in [5.41, 5.74) is 0. The molecule has 90 valence electrons. The van der Waals surface area contributed by atoms with Crippen LogP contribution in [0, 0.1) is 5.92 Å². The topological polar surface area (TPSA) is 38.9 Å². The highest BCUT2D eigenvalue weighted by Gasteiger charge is 2.25. The summed E-state index contributed by atoms with van der Waals surface area (Å²) in [5, 5.41) is 4.13. The van der Waals surface area contributed by atoms with E-state index in [4.69, 9.17) is 4.52 Å². The molecule has 1 aliphatic rings. The zero-order chi connectivity index (χ0) is 11.5. The summed E-state index contributed by atoms with van der Waals surface area (Å²) in [5.74, 6) is 2.96. The van der Waals surface area contributed by atoms with E-state index in [1.807, 2.05) is 0 Å². The maximum Gasteiger partial charge on any atom is 0.240 e. The van der Waals surface area contributed by atoms with Crippen molar-refractivity contribution in [3.8, 4) is 0 Å². The molecule has 0 N–H and O–H groups in total. The number of aromatic nitrogens is 2. The Bertz CT molecular complexity index is 340. The predicted octanol–water partition coefficient (Wildman–Crippen LogP) is 4.21. The van der Waals surface area contributed by atoms with Crippen molar-refractivity contribution in [2.45, 2.75) is 56.7 Å². The summed E-state index contributed by atoms with van der Waals surface area (Å²) < 4.78 is 5.30. The fourth-order valence-electron chi connectivity index (χ4n) is 2.38. The van der Waals surface area contributed by atoms with Gasteiger partial charge in [-0.2, -0.15) is 4.98 Å². The van der Waals surface area contributed by atoms with Crippen molar-refractivity contribution < 1.29 is 4.52 Å². The average Bonchev–Trinajstić information content (AvgIpc) is 2.77. The average molecular weight is 287 g/mol. The first-order chi connectivity index (χ1) is 7.70. The molecular weight excluding hydrogens is 268 g/mol. The summed E-state index contributed by atoms with van der Waals surface area (Å²) in [6.45, 7) is 4.42. The van der Waals surface area contributed by atoms with Crippen molar-refractivity contribution in [3.05, 3.63) is 11.7 Å². The molecule has 1 fully saturated rings. The van der Waals surface area contributed by atoms with Gasteiger partial charge in [-0.1, -0.05) is 47.8 Å². The van der Waals surface area contributed by atoms with Gasteiger partial charge in [0.15, 0.2) is 5.82 Å². The lowest BCUT2D eigenvalue weighted by atomic mass is 9.82. The minimum Gasteiger partial charge on any atom is -0.338 e. The Morgan fingerprint density at radius 1 is 1.50 bits per heavy atom. The standard InChI is InChI=1S/C12H19BrN2O/c1-3-10(13)12-14-11(15-16-12)9-6-4-5-8(2)7-9/h8-10H,3-7H2,1-2H3. The van der Waals surface area contributed by atoms with Gasteiger partial charge in [-0.25, -0.2) is 0 Å². The van der Waals surface area contributed by atoms with Gasteiger partial charge in [-0.3, -0.25) is 0 Å². The smallest absolute Gasteiger partial charge is 0.240 e. The van der Waals surface area contributed by atoms with E-state index < -0.39 is 0 Å². The second-order valence-corrected chi connectivity index (χ2v) is 5.94. The Morgan fingerprint density at radius 2 is 2.31 bits per heavy atom. The third-order valence-corrected chi connectivity index (χ3v) is 4.42. The van der Waals surface area contributed by atoms with Crippen LogP contribution in [0.2, 0.25) is 0 Å². The quantitative estimate of drug-likeness (QED) is 0.782. The van der Waals surface area contributed by atoms with Crippen LogP contribution in [-0.2, 0) is 0 Å². The molecule has 3 nitrogen and oxygen atoms in total. The minimum absolute atomic E-state index is 0.203. The van der Waals surface area contributed by atoms with Crippen LogP contribution in [0.25, 0.3) is 0 Å². The van der Waals surface area contributed by atoms with Crippen LogP contribution in [0.1, 0.15) is 68.4 Å². The number of nitrogens with zero attached hydrogens (tertiary/aromatic N) is 2. The van der Waals surface area contributed by atoms with Gasteiger partial charge in [0.1, 0.15) is 0 Å². The van der Waals surface area contributed by atoms with E-state index in [0.717, 1.165) is 24.1 Å². The molecule has 1 aliphatic carbocycles. The molecule has 1 saturated carbocycles. The molecule has 1 aromatic rings. The molecule has 3 unspecified atom stereocenters. The molecule has 1 aromatic heterocycles. The molecule has 0 bridgehead atoms. The van der Waals surface area contributed by atoms with Crippen LogP contribution in [0.3, 0.4) is 0 Å². The SMILES string of the molecule is CCC(Br)c1nc(C2CCCC(C)C2)no1. The molecule has 2 rings (SSSR count). The molecular formula is C12H19BrN2O. The Kier molecular flexibility index (Phi) is 4.00. The van der Waals surface area contributed by atoms with Gasteiger partial charge in [0.25, 0.3) is 0 Å². The van der Waals surface area contributed by atoms with Gasteiger partial charge in [0, 0.05) is 5.92 Å². The molecule has 0 aliphatic heterocycles. The Morgan fingerprint density at radius 3 is 3.00 bits per heavy atom. The van der Waals surface area contributed by atoms with Crippen molar-refractivity contribution in [3.63, 3.8) is 0 Å². The lowest BCUT2D eigenvalue weighted by Gasteiger charge is -2.23. The van der Waals surface area contributed by atoms with Gasteiger partial charge < -0.3 is 4.52 Å². The third-order valence-electron chi connectivity index (χ3n) is 3.39. The molecule has 0 radical (unpaired) electrons. The first-order valence-corrected chi connectivity index (χ1v) is 7.09. The summed E-state index contributed by atoms with van der Waals surface area (Å²) >= 11 is 3.54. The second kappa shape index (κ2) is 5.30. The van der Waals surface area contributed by atoms with Gasteiger partial charge in [0.2, 0.25) is 5.89 Å². The normalized spacial score (nSPS) is 27.9. The summed E-state index contributed by atoms with van der Waals surface area (Å²) in [4.78, 5) is 4.72. The summed E-state index contributed by atoms with van der Waals surface area (Å²) in [6.07, 6.45) is 6.03. The Hall–Kier alpha value is -0.380. The highest BCUT2D eigenvalue weighted by atomic mass is 79.9. The van der Waals surface area contributed by atoms with E-state index in [9.17, 15) is 0 Å². The van der Waals surface area contributed by atoms with Crippen LogP contribution in [0.5, 0.6) is 0 Å². The van der Waals surface area contributed by atoms with Gasteiger partial charge >= 0.3 is 0 Å². The second-order valence-electron chi connectivity index (χ2n) is 4.84. The van der Waals surface area contributed by atoms with Gasteiger partial charge in [-0.05, 0) is 25.2 Å². The van der Waals surface area contributed by atoms with E-state index >= 15 is 0 Å². The lowest BCUT2D eigenvalue weighted by Crippen LogP contribution is -2.12. The molecule has 0 amide bonds. The van der Waals surface area contributed by atoms with Gasteiger partial charge in [0.05, 0.1) is 4.83 Å². The fourth-order valence-corrected chi connectivity index (χ4v) is 2.57. The Labute approximate surface area is 105 Å². The predicted molar refractivity (Wildman–Crippen MR) is 66.6 cm³/mol. The number of hydrogen-bond acceptors (Lipinski definition) is 3. The molecule has 0 saturated heterocycles. The maximum absolute atomic E-state index is 5.30. The largest absolute Gasteiger partial charge is 0.338 e. The molecule has 3 atom stereocenters. The molecule has 0 aromatic carbocycles. The summed E-state index contributed by atoms with van der Waals surface area (Å²) in [7, 11) is 0. The highest BCUT2D eigenvalue weighted by molar-refractivity contribution is 9.09. The lowest BCUT2D eigenvalue weighted by molar-refractivity contribution is 0.319. The Balaban J connectivity index is 2.06. The third kappa shape index (κ3) is 2.65. The zero-order valence-corrected chi connectivity index (χ0v) is 11.5. The van der Waals surface area contributed by atoms with Gasteiger partial charge in [-0.15, -0.1) is 0 Å². The van der Waals surface area contributed by atoms with E-state index in [1.165, 1.54) is 25.7 Å². The molecule has 0 spiro atoms. The van der Waals surface area contributed by atoms with E-state index in [-0.39, 0.29) is 4.83 Å². The van der Waals surface area contributed by atoms with Crippen LogP contribution in [0.15, 0.2) is 4.52 Å². The first-order valence-electron chi connectivity index (χ1n) is 6.18. The van der Waals surface area contributed by atoms with Crippen molar-refractivity contribution in [1.82, 2.24) is 10.1 Å². The van der Waals surface area contributed by atoms with E-state index in [0.29, 0.717) is 5.92 Å². The maximum atomic E-state index is 5.30. The fraction of sp³-hybridized carbons (Fsp3) is 0.833.